The van der Waals surface area contributed by atoms with E-state index in [-0.39, 0.29) is 0 Å². The highest BCUT2D eigenvalue weighted by molar-refractivity contribution is 5.11. The van der Waals surface area contributed by atoms with Crippen LogP contribution in [0.2, 0.25) is 0 Å². The first-order chi connectivity index (χ1) is 7.65. The summed E-state index contributed by atoms with van der Waals surface area (Å²) in [6.07, 6.45) is 3.08. The van der Waals surface area contributed by atoms with Crippen LogP contribution < -0.4 is 5.32 Å². The van der Waals surface area contributed by atoms with Gasteiger partial charge >= 0.3 is 0 Å². The summed E-state index contributed by atoms with van der Waals surface area (Å²) in [7, 11) is 0. The molecule has 0 saturated carbocycles. The molecular formula is C14H24N2. The fourth-order valence-corrected chi connectivity index (χ4v) is 2.09. The van der Waals surface area contributed by atoms with Crippen LogP contribution in [0.1, 0.15) is 45.7 Å². The van der Waals surface area contributed by atoms with Gasteiger partial charge in [0.15, 0.2) is 0 Å². The molecule has 0 bridgehead atoms. The first-order valence-electron chi connectivity index (χ1n) is 6.29. The zero-order valence-corrected chi connectivity index (χ0v) is 10.9. The molecule has 2 heteroatoms. The number of rotatable bonds is 6. The molecule has 16 heavy (non-hydrogen) atoms. The summed E-state index contributed by atoms with van der Waals surface area (Å²) in [4.78, 5) is 4.45. The SMILES string of the molecule is CCNC(CC(C)C)C(C)c1ccccn1. The Kier molecular flexibility index (Phi) is 5.47. The summed E-state index contributed by atoms with van der Waals surface area (Å²) in [5, 5.41) is 3.57. The van der Waals surface area contributed by atoms with Gasteiger partial charge in [-0.3, -0.25) is 4.98 Å². The molecule has 0 aliphatic carbocycles. The summed E-state index contributed by atoms with van der Waals surface area (Å²) in [5.41, 5.74) is 1.19. The Morgan fingerprint density at radius 1 is 1.25 bits per heavy atom. The molecule has 1 N–H and O–H groups in total. The summed E-state index contributed by atoms with van der Waals surface area (Å²) in [6, 6.07) is 6.69. The normalized spacial score (nSPS) is 15.1. The second kappa shape index (κ2) is 6.64. The monoisotopic (exact) mass is 220 g/mol. The highest BCUT2D eigenvalue weighted by Gasteiger charge is 2.19. The minimum Gasteiger partial charge on any atom is -0.314 e. The van der Waals surface area contributed by atoms with Crippen molar-refractivity contribution in [2.24, 2.45) is 5.92 Å². The average Bonchev–Trinajstić information content (AvgIpc) is 2.28. The number of pyridine rings is 1. The van der Waals surface area contributed by atoms with Gasteiger partial charge < -0.3 is 5.32 Å². The molecule has 2 unspecified atom stereocenters. The van der Waals surface area contributed by atoms with Crippen molar-refractivity contribution in [3.05, 3.63) is 30.1 Å². The first kappa shape index (κ1) is 13.2. The van der Waals surface area contributed by atoms with Crippen LogP contribution in [0.25, 0.3) is 0 Å². The van der Waals surface area contributed by atoms with Crippen LogP contribution in [0.5, 0.6) is 0 Å². The van der Waals surface area contributed by atoms with Crippen molar-refractivity contribution in [3.8, 4) is 0 Å². The Balaban J connectivity index is 2.70. The van der Waals surface area contributed by atoms with Gasteiger partial charge in [-0.25, -0.2) is 0 Å². The average molecular weight is 220 g/mol. The molecule has 1 heterocycles. The molecular weight excluding hydrogens is 196 g/mol. The predicted octanol–water partition coefficient (Wildman–Crippen LogP) is 3.21. The van der Waals surface area contributed by atoms with Gasteiger partial charge in [-0.1, -0.05) is 33.8 Å². The summed E-state index contributed by atoms with van der Waals surface area (Å²) < 4.78 is 0. The van der Waals surface area contributed by atoms with Crippen molar-refractivity contribution in [3.63, 3.8) is 0 Å². The van der Waals surface area contributed by atoms with Crippen LogP contribution in [0.4, 0.5) is 0 Å². The fourth-order valence-electron chi connectivity index (χ4n) is 2.09. The van der Waals surface area contributed by atoms with E-state index in [9.17, 15) is 0 Å². The van der Waals surface area contributed by atoms with E-state index in [1.54, 1.807) is 0 Å². The molecule has 1 aromatic rings. The molecule has 0 radical (unpaired) electrons. The molecule has 0 saturated heterocycles. The topological polar surface area (TPSA) is 24.9 Å². The summed E-state index contributed by atoms with van der Waals surface area (Å²) >= 11 is 0. The van der Waals surface area contributed by atoms with Crippen LogP contribution >= 0.6 is 0 Å². The molecule has 0 aliphatic rings. The molecule has 2 atom stereocenters. The number of nitrogens with one attached hydrogen (secondary N) is 1. The van der Waals surface area contributed by atoms with Gasteiger partial charge in [-0.15, -0.1) is 0 Å². The van der Waals surface area contributed by atoms with E-state index in [4.69, 9.17) is 0 Å². The molecule has 1 rings (SSSR count). The van der Waals surface area contributed by atoms with Crippen molar-refractivity contribution >= 4 is 0 Å². The lowest BCUT2D eigenvalue weighted by Crippen LogP contribution is -2.35. The molecule has 0 amide bonds. The highest BCUT2D eigenvalue weighted by atomic mass is 14.9. The van der Waals surface area contributed by atoms with Gasteiger partial charge in [-0.2, -0.15) is 0 Å². The van der Waals surface area contributed by atoms with Crippen LogP contribution in [0.15, 0.2) is 24.4 Å². The van der Waals surface area contributed by atoms with E-state index < -0.39 is 0 Å². The van der Waals surface area contributed by atoms with Crippen LogP contribution in [-0.2, 0) is 0 Å². The van der Waals surface area contributed by atoms with E-state index in [1.807, 2.05) is 12.3 Å². The van der Waals surface area contributed by atoms with Gasteiger partial charge in [0.1, 0.15) is 0 Å². The van der Waals surface area contributed by atoms with Gasteiger partial charge in [0.2, 0.25) is 0 Å². The molecule has 0 fully saturated rings. The maximum absolute atomic E-state index is 4.45. The van der Waals surface area contributed by atoms with E-state index in [0.717, 1.165) is 12.5 Å². The second-order valence-electron chi connectivity index (χ2n) is 4.84. The molecule has 0 aliphatic heterocycles. The number of hydrogen-bond donors (Lipinski definition) is 1. The molecule has 0 aromatic carbocycles. The fraction of sp³-hybridized carbons (Fsp3) is 0.643. The lowest BCUT2D eigenvalue weighted by atomic mass is 9.90. The zero-order chi connectivity index (χ0) is 12.0. The first-order valence-corrected chi connectivity index (χ1v) is 6.29. The molecule has 2 nitrogen and oxygen atoms in total. The third-order valence-corrected chi connectivity index (χ3v) is 2.95. The third kappa shape index (κ3) is 3.93. The van der Waals surface area contributed by atoms with E-state index >= 15 is 0 Å². The van der Waals surface area contributed by atoms with Crippen LogP contribution in [-0.4, -0.2) is 17.6 Å². The Labute approximate surface area is 99.5 Å². The Hall–Kier alpha value is -0.890. The minimum absolute atomic E-state index is 0.476. The van der Waals surface area contributed by atoms with E-state index in [1.165, 1.54) is 12.1 Å². The van der Waals surface area contributed by atoms with Gasteiger partial charge in [0, 0.05) is 23.9 Å². The highest BCUT2D eigenvalue weighted by Crippen LogP contribution is 2.21. The quantitative estimate of drug-likeness (QED) is 0.796. The Morgan fingerprint density at radius 3 is 2.50 bits per heavy atom. The number of aromatic nitrogens is 1. The van der Waals surface area contributed by atoms with E-state index in [0.29, 0.717) is 12.0 Å². The van der Waals surface area contributed by atoms with Crippen molar-refractivity contribution in [2.45, 2.75) is 46.1 Å². The predicted molar refractivity (Wildman–Crippen MR) is 69.6 cm³/mol. The van der Waals surface area contributed by atoms with Crippen LogP contribution in [0.3, 0.4) is 0 Å². The zero-order valence-electron chi connectivity index (χ0n) is 10.9. The van der Waals surface area contributed by atoms with Gasteiger partial charge in [0.05, 0.1) is 0 Å². The Morgan fingerprint density at radius 2 is 2.00 bits per heavy atom. The third-order valence-electron chi connectivity index (χ3n) is 2.95. The molecule has 90 valence electrons. The van der Waals surface area contributed by atoms with Gasteiger partial charge in [-0.05, 0) is 31.0 Å². The van der Waals surface area contributed by atoms with E-state index in [2.05, 4.69) is 50.1 Å². The maximum atomic E-state index is 4.45. The summed E-state index contributed by atoms with van der Waals surface area (Å²) in [6.45, 7) is 10.00. The summed E-state index contributed by atoms with van der Waals surface area (Å²) in [5.74, 6) is 1.19. The number of likely N-dealkylation sites (N-methyl/N-ethyl adjacent to an activating group) is 1. The van der Waals surface area contributed by atoms with Gasteiger partial charge in [0.25, 0.3) is 0 Å². The van der Waals surface area contributed by atoms with Crippen molar-refractivity contribution in [2.75, 3.05) is 6.54 Å². The molecule has 1 aromatic heterocycles. The van der Waals surface area contributed by atoms with Crippen LogP contribution in [0, 0.1) is 5.92 Å². The molecule has 0 spiro atoms. The lowest BCUT2D eigenvalue weighted by Gasteiger charge is -2.26. The van der Waals surface area contributed by atoms with Crippen molar-refractivity contribution < 1.29 is 0 Å². The smallest absolute Gasteiger partial charge is 0.0447 e. The van der Waals surface area contributed by atoms with Crippen molar-refractivity contribution in [1.29, 1.82) is 0 Å². The maximum Gasteiger partial charge on any atom is 0.0447 e. The largest absolute Gasteiger partial charge is 0.314 e. The number of hydrogen-bond acceptors (Lipinski definition) is 2. The standard InChI is InChI=1S/C14H24N2/c1-5-15-14(10-11(2)3)12(4)13-8-6-7-9-16-13/h6-9,11-12,14-15H,5,10H2,1-4H3. The Bertz CT molecular complexity index is 282. The van der Waals surface area contributed by atoms with Crippen molar-refractivity contribution in [1.82, 2.24) is 10.3 Å². The number of nitrogens with zero attached hydrogens (tertiary/aromatic N) is 1. The second-order valence-corrected chi connectivity index (χ2v) is 4.84. The lowest BCUT2D eigenvalue weighted by molar-refractivity contribution is 0.379. The minimum atomic E-state index is 0.476.